The zero-order valence-electron chi connectivity index (χ0n) is 10.2. The predicted molar refractivity (Wildman–Crippen MR) is 69.0 cm³/mol. The van der Waals surface area contributed by atoms with Gasteiger partial charge in [-0.2, -0.15) is 0 Å². The Morgan fingerprint density at radius 1 is 1.33 bits per heavy atom. The van der Waals surface area contributed by atoms with Gasteiger partial charge in [0.05, 0.1) is 17.5 Å². The molecule has 0 aromatic rings. The van der Waals surface area contributed by atoms with Crippen molar-refractivity contribution in [1.82, 2.24) is 0 Å². The molecule has 0 rings (SSSR count). The van der Waals surface area contributed by atoms with Gasteiger partial charge in [-0.05, 0) is 18.1 Å². The van der Waals surface area contributed by atoms with Crippen molar-refractivity contribution in [3.8, 4) is 0 Å². The van der Waals surface area contributed by atoms with Crippen molar-refractivity contribution in [3.05, 3.63) is 0 Å². The van der Waals surface area contributed by atoms with Gasteiger partial charge in [0.1, 0.15) is 0 Å². The van der Waals surface area contributed by atoms with E-state index in [1.54, 1.807) is 0 Å². The van der Waals surface area contributed by atoms with Crippen LogP contribution in [0.15, 0.2) is 0 Å². The summed E-state index contributed by atoms with van der Waals surface area (Å²) in [6.07, 6.45) is -0.755. The highest BCUT2D eigenvalue weighted by atomic mass is 79.9. The maximum Gasteiger partial charge on any atom is 0.192 e. The van der Waals surface area contributed by atoms with E-state index in [0.717, 1.165) is 0 Å². The maximum absolute atomic E-state index is 9.36. The molecule has 0 bridgehead atoms. The average Bonchev–Trinajstić information content (AvgIpc) is 2.11. The van der Waals surface area contributed by atoms with Crippen LogP contribution in [0.4, 0.5) is 0 Å². The SMILES string of the molecule is CC(C)(C)[Si](C)(C)OC[C@@H](Br)[C@H](O)CO. The van der Waals surface area contributed by atoms with E-state index >= 15 is 0 Å². The smallest absolute Gasteiger partial charge is 0.192 e. The standard InChI is InChI=1S/C10H23BrO3Si/c1-10(2,3)15(4,5)14-7-8(11)9(13)6-12/h8-9,12-13H,6-7H2,1-5H3/t8-,9-/m1/s1. The lowest BCUT2D eigenvalue weighted by molar-refractivity contribution is 0.0807. The van der Waals surface area contributed by atoms with E-state index in [1.165, 1.54) is 0 Å². The fraction of sp³-hybridized carbons (Fsp3) is 1.00. The van der Waals surface area contributed by atoms with Crippen LogP contribution in [0.1, 0.15) is 20.8 Å². The van der Waals surface area contributed by atoms with Crippen LogP contribution in [-0.2, 0) is 4.43 Å². The minimum absolute atomic E-state index is 0.171. The van der Waals surface area contributed by atoms with Gasteiger partial charge in [0.25, 0.3) is 0 Å². The van der Waals surface area contributed by atoms with Gasteiger partial charge in [-0.25, -0.2) is 0 Å². The first-order chi connectivity index (χ1) is 6.62. The first-order valence-corrected chi connectivity index (χ1v) is 9.01. The van der Waals surface area contributed by atoms with Crippen molar-refractivity contribution in [2.24, 2.45) is 0 Å². The van der Waals surface area contributed by atoms with E-state index < -0.39 is 14.4 Å². The van der Waals surface area contributed by atoms with E-state index in [4.69, 9.17) is 9.53 Å². The molecule has 0 aromatic heterocycles. The Hall–Kier alpha value is 0.577. The molecule has 5 heteroatoms. The molecule has 0 aromatic carbocycles. The van der Waals surface area contributed by atoms with Gasteiger partial charge in [0.2, 0.25) is 0 Å². The summed E-state index contributed by atoms with van der Waals surface area (Å²) in [5.41, 5.74) is 0. The molecule has 0 unspecified atom stereocenters. The van der Waals surface area contributed by atoms with Crippen LogP contribution in [0.25, 0.3) is 0 Å². The molecule has 0 aliphatic heterocycles. The van der Waals surface area contributed by atoms with Gasteiger partial charge in [0.15, 0.2) is 8.32 Å². The number of alkyl halides is 1. The summed E-state index contributed by atoms with van der Waals surface area (Å²) >= 11 is 3.31. The fourth-order valence-corrected chi connectivity index (χ4v) is 2.30. The van der Waals surface area contributed by atoms with E-state index in [2.05, 4.69) is 49.8 Å². The first-order valence-electron chi connectivity index (χ1n) is 5.19. The normalized spacial score (nSPS) is 17.6. The van der Waals surface area contributed by atoms with Crippen molar-refractivity contribution in [2.45, 2.75) is 49.8 Å². The highest BCUT2D eigenvalue weighted by Gasteiger charge is 2.37. The summed E-state index contributed by atoms with van der Waals surface area (Å²) in [7, 11) is -1.75. The summed E-state index contributed by atoms with van der Waals surface area (Å²) in [4.78, 5) is -0.198. The van der Waals surface area contributed by atoms with E-state index in [-0.39, 0.29) is 16.5 Å². The average molecular weight is 299 g/mol. The monoisotopic (exact) mass is 298 g/mol. The second-order valence-corrected chi connectivity index (χ2v) is 11.3. The van der Waals surface area contributed by atoms with Crippen molar-refractivity contribution in [2.75, 3.05) is 13.2 Å². The molecule has 0 saturated carbocycles. The lowest BCUT2D eigenvalue weighted by atomic mass is 10.2. The molecule has 2 atom stereocenters. The molecule has 92 valence electrons. The lowest BCUT2D eigenvalue weighted by Crippen LogP contribution is -2.43. The highest BCUT2D eigenvalue weighted by molar-refractivity contribution is 9.09. The third-order valence-corrected chi connectivity index (χ3v) is 8.39. The minimum atomic E-state index is -1.75. The van der Waals surface area contributed by atoms with Gasteiger partial charge in [0, 0.05) is 6.61 Å². The highest BCUT2D eigenvalue weighted by Crippen LogP contribution is 2.36. The van der Waals surface area contributed by atoms with Crippen LogP contribution >= 0.6 is 15.9 Å². The van der Waals surface area contributed by atoms with E-state index in [9.17, 15) is 5.11 Å². The number of aliphatic hydroxyl groups excluding tert-OH is 2. The van der Waals surface area contributed by atoms with Crippen LogP contribution in [0.2, 0.25) is 18.1 Å². The quantitative estimate of drug-likeness (QED) is 0.604. The molecule has 15 heavy (non-hydrogen) atoms. The summed E-state index contributed by atoms with van der Waals surface area (Å²) in [5, 5.41) is 18.3. The summed E-state index contributed by atoms with van der Waals surface area (Å²) in [6, 6.07) is 0. The van der Waals surface area contributed by atoms with Gasteiger partial charge in [-0.1, -0.05) is 36.7 Å². The number of aliphatic hydroxyl groups is 2. The molecule has 0 radical (unpaired) electrons. The summed E-state index contributed by atoms with van der Waals surface area (Å²) < 4.78 is 5.90. The Morgan fingerprint density at radius 3 is 2.13 bits per heavy atom. The third-order valence-electron chi connectivity index (χ3n) is 3.01. The van der Waals surface area contributed by atoms with Crippen molar-refractivity contribution in [3.63, 3.8) is 0 Å². The topological polar surface area (TPSA) is 49.7 Å². The Kier molecular flexibility index (Phi) is 5.99. The zero-order valence-corrected chi connectivity index (χ0v) is 12.8. The van der Waals surface area contributed by atoms with Crippen molar-refractivity contribution >= 4 is 24.2 Å². The molecule has 2 N–H and O–H groups in total. The molecule has 0 heterocycles. The van der Waals surface area contributed by atoms with Gasteiger partial charge < -0.3 is 14.6 Å². The molecule has 0 amide bonds. The summed E-state index contributed by atoms with van der Waals surface area (Å²) in [6.45, 7) is 11.0. The largest absolute Gasteiger partial charge is 0.416 e. The lowest BCUT2D eigenvalue weighted by Gasteiger charge is -2.37. The second kappa shape index (κ2) is 5.77. The maximum atomic E-state index is 9.36. The number of rotatable bonds is 5. The van der Waals surface area contributed by atoms with Gasteiger partial charge in [-0.15, -0.1) is 0 Å². The second-order valence-electron chi connectivity index (χ2n) is 5.34. The molecule has 0 saturated heterocycles. The van der Waals surface area contributed by atoms with E-state index in [1.807, 2.05) is 0 Å². The molecule has 0 fully saturated rings. The number of halogens is 1. The Bertz CT molecular complexity index is 192. The fourth-order valence-electron chi connectivity index (χ4n) is 0.730. The number of hydrogen-bond donors (Lipinski definition) is 2. The van der Waals surface area contributed by atoms with Crippen LogP contribution in [-0.4, -0.2) is 42.7 Å². The van der Waals surface area contributed by atoms with Crippen molar-refractivity contribution < 1.29 is 14.6 Å². The van der Waals surface area contributed by atoms with E-state index in [0.29, 0.717) is 6.61 Å². The Morgan fingerprint density at radius 2 is 1.80 bits per heavy atom. The van der Waals surface area contributed by atoms with Crippen LogP contribution in [0, 0.1) is 0 Å². The molecule has 0 aliphatic carbocycles. The zero-order chi connectivity index (χ0) is 12.3. The van der Waals surface area contributed by atoms with Crippen molar-refractivity contribution in [1.29, 1.82) is 0 Å². The first kappa shape index (κ1) is 15.6. The van der Waals surface area contributed by atoms with Gasteiger partial charge >= 0.3 is 0 Å². The van der Waals surface area contributed by atoms with Crippen LogP contribution < -0.4 is 0 Å². The Labute approximate surface area is 102 Å². The molecule has 3 nitrogen and oxygen atoms in total. The predicted octanol–water partition coefficient (Wildman–Crippen LogP) is 2.12. The molecule has 0 spiro atoms. The summed E-state index contributed by atoms with van der Waals surface area (Å²) in [5.74, 6) is 0. The van der Waals surface area contributed by atoms with Crippen LogP contribution in [0.3, 0.4) is 0 Å². The Balaban J connectivity index is 4.16. The molecular weight excluding hydrogens is 276 g/mol. The third kappa shape index (κ3) is 4.95. The number of hydrogen-bond acceptors (Lipinski definition) is 3. The molecule has 0 aliphatic rings. The molecular formula is C10H23BrO3Si. The van der Waals surface area contributed by atoms with Gasteiger partial charge in [-0.3, -0.25) is 0 Å². The minimum Gasteiger partial charge on any atom is -0.416 e. The van der Waals surface area contributed by atoms with Crippen LogP contribution in [0.5, 0.6) is 0 Å².